The van der Waals surface area contributed by atoms with E-state index in [9.17, 15) is 18.0 Å². The number of amides is 3. The van der Waals surface area contributed by atoms with E-state index >= 15 is 0 Å². The lowest BCUT2D eigenvalue weighted by molar-refractivity contribution is -0.124. The standard InChI is InChI=1S/C9H13N3O6S/c10-7(13)5-3-9(1-2-9)6-4-11(5)8(14)12(6)18-19(15,16)17/h5-6H,1-4H2,(H2,10,13)(H,15,16,17)/t5-,6-/m0/s1. The highest BCUT2D eigenvalue weighted by Gasteiger charge is 2.64. The van der Waals surface area contributed by atoms with Crippen LogP contribution in [-0.4, -0.2) is 53.5 Å². The maximum Gasteiger partial charge on any atom is 0.418 e. The van der Waals surface area contributed by atoms with E-state index in [0.717, 1.165) is 12.8 Å². The highest BCUT2D eigenvalue weighted by Crippen LogP contribution is 2.59. The molecule has 0 aromatic heterocycles. The van der Waals surface area contributed by atoms with Crippen molar-refractivity contribution in [2.75, 3.05) is 6.54 Å². The highest BCUT2D eigenvalue weighted by molar-refractivity contribution is 7.80. The molecule has 3 aliphatic rings. The summed E-state index contributed by atoms with van der Waals surface area (Å²) in [5.74, 6) is -0.619. The molecule has 1 aliphatic carbocycles. The molecule has 2 bridgehead atoms. The second-order valence-corrected chi connectivity index (χ2v) is 6.27. The van der Waals surface area contributed by atoms with Crippen molar-refractivity contribution in [2.24, 2.45) is 11.1 Å². The SMILES string of the molecule is NC(=O)[C@@H]1CC2(CC2)[C@@H]2CN1C(=O)N2OS(=O)(=O)O. The zero-order valence-corrected chi connectivity index (χ0v) is 10.7. The van der Waals surface area contributed by atoms with Crippen LogP contribution >= 0.6 is 0 Å². The lowest BCUT2D eigenvalue weighted by Crippen LogP contribution is -2.51. The Morgan fingerprint density at radius 1 is 1.47 bits per heavy atom. The van der Waals surface area contributed by atoms with Crippen molar-refractivity contribution < 1.29 is 26.8 Å². The second kappa shape index (κ2) is 3.58. The summed E-state index contributed by atoms with van der Waals surface area (Å²) in [7, 11) is -4.78. The van der Waals surface area contributed by atoms with Gasteiger partial charge in [0.25, 0.3) is 0 Å². The fourth-order valence-corrected chi connectivity index (χ4v) is 3.44. The van der Waals surface area contributed by atoms with Crippen molar-refractivity contribution in [3.8, 4) is 0 Å². The first kappa shape index (κ1) is 12.6. The quantitative estimate of drug-likeness (QED) is 0.632. The number of hydroxylamine groups is 2. The van der Waals surface area contributed by atoms with E-state index in [0.29, 0.717) is 11.5 Å². The molecular formula is C9H13N3O6S. The predicted molar refractivity (Wildman–Crippen MR) is 59.6 cm³/mol. The second-order valence-electron chi connectivity index (χ2n) is 5.26. The van der Waals surface area contributed by atoms with Gasteiger partial charge in [-0.15, -0.1) is 4.28 Å². The monoisotopic (exact) mass is 291 g/mol. The number of rotatable bonds is 3. The maximum absolute atomic E-state index is 12.0. The summed E-state index contributed by atoms with van der Waals surface area (Å²) in [6.07, 6.45) is 1.95. The Morgan fingerprint density at radius 3 is 2.58 bits per heavy atom. The van der Waals surface area contributed by atoms with E-state index in [1.54, 1.807) is 0 Å². The normalized spacial score (nSPS) is 31.9. The molecule has 2 aliphatic heterocycles. The number of piperidine rings is 1. The number of primary amides is 1. The van der Waals surface area contributed by atoms with Gasteiger partial charge in [0.15, 0.2) is 0 Å². The molecule has 10 heteroatoms. The average molecular weight is 291 g/mol. The largest absolute Gasteiger partial charge is 0.418 e. The van der Waals surface area contributed by atoms with Gasteiger partial charge in [-0.2, -0.15) is 13.5 Å². The van der Waals surface area contributed by atoms with Gasteiger partial charge in [0.05, 0.1) is 6.04 Å². The summed E-state index contributed by atoms with van der Waals surface area (Å²) in [6.45, 7) is 0.183. The predicted octanol–water partition coefficient (Wildman–Crippen LogP) is -1.14. The average Bonchev–Trinajstić information content (AvgIpc) is 2.99. The molecule has 3 rings (SSSR count). The first-order valence-corrected chi connectivity index (χ1v) is 7.16. The molecular weight excluding hydrogens is 278 g/mol. The fourth-order valence-electron chi connectivity index (χ4n) is 3.07. The maximum atomic E-state index is 12.0. The zero-order chi connectivity index (χ0) is 14.0. The Bertz CT molecular complexity index is 556. The number of fused-ring (bicyclic) bond motifs is 3. The lowest BCUT2D eigenvalue weighted by atomic mass is 9.85. The Hall–Kier alpha value is -1.39. The van der Waals surface area contributed by atoms with Crippen molar-refractivity contribution in [1.29, 1.82) is 0 Å². The minimum Gasteiger partial charge on any atom is -0.368 e. The molecule has 106 valence electrons. The number of carbonyl (C=O) groups excluding carboxylic acids is 2. The molecule has 1 saturated carbocycles. The van der Waals surface area contributed by atoms with Crippen molar-refractivity contribution in [3.05, 3.63) is 0 Å². The van der Waals surface area contributed by atoms with Crippen LogP contribution in [0, 0.1) is 5.41 Å². The van der Waals surface area contributed by atoms with Gasteiger partial charge in [-0.1, -0.05) is 0 Å². The first-order valence-electron chi connectivity index (χ1n) is 5.80. The number of nitrogens with two attached hydrogens (primary N) is 1. The van der Waals surface area contributed by atoms with Crippen molar-refractivity contribution in [1.82, 2.24) is 9.96 Å². The van der Waals surface area contributed by atoms with E-state index in [1.807, 2.05) is 0 Å². The Labute approximate surface area is 109 Å². The van der Waals surface area contributed by atoms with Crippen LogP contribution in [0.1, 0.15) is 19.3 Å². The smallest absolute Gasteiger partial charge is 0.368 e. The van der Waals surface area contributed by atoms with E-state index < -0.39 is 34.4 Å². The summed E-state index contributed by atoms with van der Waals surface area (Å²) in [4.78, 5) is 24.6. The lowest BCUT2D eigenvalue weighted by Gasteiger charge is -2.34. The molecule has 9 nitrogen and oxygen atoms in total. The van der Waals surface area contributed by atoms with Crippen LogP contribution in [0.25, 0.3) is 0 Å². The zero-order valence-electron chi connectivity index (χ0n) is 9.85. The van der Waals surface area contributed by atoms with Crippen LogP contribution in [0.5, 0.6) is 0 Å². The van der Waals surface area contributed by atoms with Crippen molar-refractivity contribution in [2.45, 2.75) is 31.3 Å². The number of carbonyl (C=O) groups is 2. The van der Waals surface area contributed by atoms with E-state index in [-0.39, 0.29) is 12.0 Å². The summed E-state index contributed by atoms with van der Waals surface area (Å²) in [5.41, 5.74) is 4.95. The van der Waals surface area contributed by atoms with Gasteiger partial charge in [-0.05, 0) is 24.7 Å². The molecule has 2 atom stereocenters. The fraction of sp³-hybridized carbons (Fsp3) is 0.778. The number of urea groups is 1. The minimum atomic E-state index is -4.78. The van der Waals surface area contributed by atoms with Crippen molar-refractivity contribution >= 4 is 22.3 Å². The third-order valence-corrected chi connectivity index (χ3v) is 4.51. The summed E-state index contributed by atoms with van der Waals surface area (Å²) in [6, 6.07) is -1.98. The van der Waals surface area contributed by atoms with Crippen LogP contribution in [0.4, 0.5) is 4.79 Å². The van der Waals surface area contributed by atoms with Crippen LogP contribution in [0.2, 0.25) is 0 Å². The number of hydrogen-bond acceptors (Lipinski definition) is 5. The van der Waals surface area contributed by atoms with Gasteiger partial charge in [0.1, 0.15) is 6.04 Å². The van der Waals surface area contributed by atoms with Gasteiger partial charge >= 0.3 is 16.4 Å². The number of hydrogen-bond donors (Lipinski definition) is 2. The molecule has 1 spiro atoms. The third kappa shape index (κ3) is 1.86. The Balaban J connectivity index is 1.94. The third-order valence-electron chi connectivity index (χ3n) is 4.17. The van der Waals surface area contributed by atoms with Gasteiger partial charge in [0.2, 0.25) is 5.91 Å². The van der Waals surface area contributed by atoms with Crippen LogP contribution in [0.3, 0.4) is 0 Å². The van der Waals surface area contributed by atoms with E-state index in [4.69, 9.17) is 10.3 Å². The number of nitrogens with zero attached hydrogens (tertiary/aromatic N) is 2. The van der Waals surface area contributed by atoms with Gasteiger partial charge in [0, 0.05) is 6.54 Å². The molecule has 0 aromatic carbocycles. The van der Waals surface area contributed by atoms with Crippen LogP contribution < -0.4 is 5.73 Å². The molecule has 0 aromatic rings. The molecule has 0 unspecified atom stereocenters. The van der Waals surface area contributed by atoms with Gasteiger partial charge < -0.3 is 10.6 Å². The molecule has 2 saturated heterocycles. The molecule has 3 amide bonds. The van der Waals surface area contributed by atoms with E-state index in [2.05, 4.69) is 4.28 Å². The van der Waals surface area contributed by atoms with E-state index in [1.165, 1.54) is 4.90 Å². The Kier molecular flexibility index (Phi) is 2.38. The summed E-state index contributed by atoms with van der Waals surface area (Å²) >= 11 is 0. The Morgan fingerprint density at radius 2 is 2.11 bits per heavy atom. The highest BCUT2D eigenvalue weighted by atomic mass is 32.3. The molecule has 19 heavy (non-hydrogen) atoms. The first-order chi connectivity index (χ1) is 8.73. The molecule has 2 heterocycles. The van der Waals surface area contributed by atoms with Crippen molar-refractivity contribution in [3.63, 3.8) is 0 Å². The molecule has 0 radical (unpaired) electrons. The van der Waals surface area contributed by atoms with Crippen LogP contribution in [0.15, 0.2) is 0 Å². The summed E-state index contributed by atoms with van der Waals surface area (Å²) < 4.78 is 34.7. The summed E-state index contributed by atoms with van der Waals surface area (Å²) in [5, 5.41) is 0.658. The van der Waals surface area contributed by atoms with Crippen LogP contribution in [-0.2, 0) is 19.5 Å². The molecule has 3 N–H and O–H groups in total. The molecule has 3 fully saturated rings. The topological polar surface area (TPSA) is 130 Å². The van der Waals surface area contributed by atoms with Gasteiger partial charge in [-0.25, -0.2) is 4.79 Å². The van der Waals surface area contributed by atoms with Gasteiger partial charge in [-0.3, -0.25) is 9.35 Å². The minimum absolute atomic E-state index is 0.183.